The van der Waals surface area contributed by atoms with Gasteiger partial charge in [0.2, 0.25) is 5.13 Å². The number of unbranched alkanes of at least 4 members (excludes halogenated alkanes) is 1. The van der Waals surface area contributed by atoms with Crippen molar-refractivity contribution in [3.63, 3.8) is 0 Å². The smallest absolute Gasteiger partial charge is 0.291 e. The molecule has 7 nitrogen and oxygen atoms in total. The molecule has 0 unspecified atom stereocenters. The molecule has 1 aromatic heterocycles. The number of nitrogens with one attached hydrogen (secondary N) is 2. The van der Waals surface area contributed by atoms with E-state index in [1.807, 2.05) is 12.1 Å². The van der Waals surface area contributed by atoms with E-state index in [4.69, 9.17) is 0 Å². The largest absolute Gasteiger partial charge is 0.296 e. The van der Waals surface area contributed by atoms with Crippen LogP contribution < -0.4 is 10.0 Å². The molecule has 1 amide bonds. The van der Waals surface area contributed by atoms with Crippen LogP contribution in [0.25, 0.3) is 0 Å². The van der Waals surface area contributed by atoms with Crippen molar-refractivity contribution in [1.82, 2.24) is 10.2 Å². The van der Waals surface area contributed by atoms with E-state index in [1.54, 1.807) is 19.1 Å². The average Bonchev–Trinajstić information content (AvgIpc) is 3.22. The summed E-state index contributed by atoms with van der Waals surface area (Å²) in [7, 11) is -3.96. The van der Waals surface area contributed by atoms with Crippen molar-refractivity contribution < 1.29 is 22.0 Å². The fourth-order valence-electron chi connectivity index (χ4n) is 2.90. The molecule has 170 valence electrons. The zero-order valence-corrected chi connectivity index (χ0v) is 19.1. The SMILES string of the molecule is CCCCc1ccc(NS(=O)(=O)c2cc(C(=O)Nc3nnc(C(F)F)s3)ccc2C)cc1. The maximum atomic E-state index is 12.9. The second-order valence-corrected chi connectivity index (χ2v) is 9.75. The van der Waals surface area contributed by atoms with E-state index >= 15 is 0 Å². The lowest BCUT2D eigenvalue weighted by Gasteiger charge is -2.12. The first-order valence-corrected chi connectivity index (χ1v) is 12.1. The Kier molecular flexibility index (Phi) is 7.52. The lowest BCUT2D eigenvalue weighted by molar-refractivity contribution is 0.102. The number of hydrogen-bond acceptors (Lipinski definition) is 6. The molecule has 0 saturated carbocycles. The number of aromatic nitrogens is 2. The summed E-state index contributed by atoms with van der Waals surface area (Å²) in [5.41, 5.74) is 2.02. The number of rotatable bonds is 9. The Labute approximate surface area is 189 Å². The Bertz CT molecular complexity index is 1200. The second kappa shape index (κ2) is 10.1. The van der Waals surface area contributed by atoms with Gasteiger partial charge >= 0.3 is 0 Å². The van der Waals surface area contributed by atoms with Gasteiger partial charge < -0.3 is 0 Å². The van der Waals surface area contributed by atoms with Gasteiger partial charge in [-0.1, -0.05) is 42.9 Å². The fourth-order valence-corrected chi connectivity index (χ4v) is 4.83. The molecule has 0 bridgehead atoms. The summed E-state index contributed by atoms with van der Waals surface area (Å²) in [5.74, 6) is -0.682. The number of carbonyl (C=O) groups is 1. The van der Waals surface area contributed by atoms with Gasteiger partial charge in [0.25, 0.3) is 22.4 Å². The van der Waals surface area contributed by atoms with Gasteiger partial charge in [0, 0.05) is 11.3 Å². The first-order valence-electron chi connectivity index (χ1n) is 9.85. The number of hydrogen-bond donors (Lipinski definition) is 2. The van der Waals surface area contributed by atoms with E-state index in [0.29, 0.717) is 22.6 Å². The number of sulfonamides is 1. The minimum absolute atomic E-state index is 0.0414. The molecule has 3 aromatic rings. The van der Waals surface area contributed by atoms with Gasteiger partial charge in [0.05, 0.1) is 4.90 Å². The topological polar surface area (TPSA) is 101 Å². The predicted octanol–water partition coefficient (Wildman–Crippen LogP) is 5.18. The molecule has 0 fully saturated rings. The van der Waals surface area contributed by atoms with Crippen LogP contribution in [0.5, 0.6) is 0 Å². The van der Waals surface area contributed by atoms with Gasteiger partial charge in [0.15, 0.2) is 5.01 Å². The standard InChI is InChI=1S/C21H22F2N4O3S2/c1-3-4-5-14-7-10-16(11-8-14)27-32(29,30)17-12-15(9-6-13(17)2)19(28)24-21-26-25-20(31-21)18(22)23/h6-12,18,27H,3-5H2,1-2H3,(H,24,26,28). The molecular weight excluding hydrogens is 458 g/mol. The van der Waals surface area contributed by atoms with E-state index in [0.717, 1.165) is 24.8 Å². The number of benzene rings is 2. The van der Waals surface area contributed by atoms with E-state index in [-0.39, 0.29) is 15.6 Å². The molecule has 3 rings (SSSR count). The van der Waals surface area contributed by atoms with Crippen LogP contribution in [-0.2, 0) is 16.4 Å². The van der Waals surface area contributed by atoms with Gasteiger partial charge in [-0.2, -0.15) is 0 Å². The zero-order valence-electron chi connectivity index (χ0n) is 17.4. The fraction of sp³-hybridized carbons (Fsp3) is 0.286. The predicted molar refractivity (Wildman–Crippen MR) is 120 cm³/mol. The van der Waals surface area contributed by atoms with Gasteiger partial charge in [-0.05, 0) is 55.2 Å². The summed E-state index contributed by atoms with van der Waals surface area (Å²) in [5, 5.41) is 8.54. The number of alkyl halides is 2. The van der Waals surface area contributed by atoms with Crippen LogP contribution in [0.3, 0.4) is 0 Å². The highest BCUT2D eigenvalue weighted by Gasteiger charge is 2.21. The van der Waals surface area contributed by atoms with Crippen molar-refractivity contribution in [1.29, 1.82) is 0 Å². The van der Waals surface area contributed by atoms with Crippen LogP contribution >= 0.6 is 11.3 Å². The molecule has 0 atom stereocenters. The maximum absolute atomic E-state index is 12.9. The third-order valence-electron chi connectivity index (χ3n) is 4.61. The lowest BCUT2D eigenvalue weighted by atomic mass is 10.1. The number of amides is 1. The zero-order chi connectivity index (χ0) is 23.3. The van der Waals surface area contributed by atoms with E-state index in [2.05, 4.69) is 27.2 Å². The monoisotopic (exact) mass is 480 g/mol. The number of halogens is 2. The third kappa shape index (κ3) is 5.86. The lowest BCUT2D eigenvalue weighted by Crippen LogP contribution is -2.17. The molecule has 0 aliphatic carbocycles. The van der Waals surface area contributed by atoms with E-state index < -0.39 is 27.4 Å². The summed E-state index contributed by atoms with van der Waals surface area (Å²) in [6, 6.07) is 11.3. The Balaban J connectivity index is 1.78. The third-order valence-corrected chi connectivity index (χ3v) is 6.98. The highest BCUT2D eigenvalue weighted by atomic mass is 32.2. The summed E-state index contributed by atoms with van der Waals surface area (Å²) >= 11 is 0.550. The number of anilines is 2. The molecule has 32 heavy (non-hydrogen) atoms. The van der Waals surface area contributed by atoms with Crippen molar-refractivity contribution in [2.45, 2.75) is 44.4 Å². The minimum atomic E-state index is -3.96. The molecule has 0 aliphatic heterocycles. The Morgan fingerprint density at radius 1 is 1.12 bits per heavy atom. The molecular formula is C21H22F2N4O3S2. The summed E-state index contributed by atoms with van der Waals surface area (Å²) in [4.78, 5) is 12.4. The summed E-state index contributed by atoms with van der Waals surface area (Å²) in [6.45, 7) is 3.72. The molecule has 0 aliphatic rings. The van der Waals surface area contributed by atoms with E-state index in [9.17, 15) is 22.0 Å². The van der Waals surface area contributed by atoms with Gasteiger partial charge in [-0.15, -0.1) is 10.2 Å². The Hall–Kier alpha value is -2.92. The van der Waals surface area contributed by atoms with Crippen LogP contribution in [0.15, 0.2) is 47.4 Å². The van der Waals surface area contributed by atoms with Crippen LogP contribution in [0.4, 0.5) is 19.6 Å². The molecule has 0 saturated heterocycles. The number of aryl methyl sites for hydroxylation is 2. The van der Waals surface area contributed by atoms with Crippen molar-refractivity contribution in [2.24, 2.45) is 0 Å². The quantitative estimate of drug-likeness (QED) is 0.439. The second-order valence-electron chi connectivity index (χ2n) is 7.09. The van der Waals surface area contributed by atoms with Crippen LogP contribution in [0, 0.1) is 6.92 Å². The molecule has 0 spiro atoms. The molecule has 1 heterocycles. The molecule has 2 N–H and O–H groups in total. The number of carbonyl (C=O) groups excluding carboxylic acids is 1. The van der Waals surface area contributed by atoms with Crippen LogP contribution in [0.2, 0.25) is 0 Å². The molecule has 2 aromatic carbocycles. The molecule has 11 heteroatoms. The van der Waals surface area contributed by atoms with Crippen molar-refractivity contribution in [2.75, 3.05) is 10.0 Å². The van der Waals surface area contributed by atoms with Crippen molar-refractivity contribution >= 4 is 38.1 Å². The van der Waals surface area contributed by atoms with Crippen LogP contribution in [0.1, 0.15) is 52.7 Å². The van der Waals surface area contributed by atoms with Gasteiger partial charge in [0.1, 0.15) is 0 Å². The van der Waals surface area contributed by atoms with E-state index in [1.165, 1.54) is 18.2 Å². The number of nitrogens with zero attached hydrogens (tertiary/aromatic N) is 2. The van der Waals surface area contributed by atoms with Crippen molar-refractivity contribution in [3.05, 3.63) is 64.2 Å². The van der Waals surface area contributed by atoms with Gasteiger partial charge in [-0.3, -0.25) is 14.8 Å². The van der Waals surface area contributed by atoms with Crippen LogP contribution in [-0.4, -0.2) is 24.5 Å². The maximum Gasteiger partial charge on any atom is 0.291 e. The van der Waals surface area contributed by atoms with Gasteiger partial charge in [-0.25, -0.2) is 17.2 Å². The first-order chi connectivity index (χ1) is 15.2. The minimum Gasteiger partial charge on any atom is -0.296 e. The first kappa shape index (κ1) is 23.7. The average molecular weight is 481 g/mol. The highest BCUT2D eigenvalue weighted by molar-refractivity contribution is 7.92. The summed E-state index contributed by atoms with van der Waals surface area (Å²) in [6.07, 6.45) is 0.262. The Morgan fingerprint density at radius 2 is 1.84 bits per heavy atom. The Morgan fingerprint density at radius 3 is 2.47 bits per heavy atom. The normalized spacial score (nSPS) is 11.5. The highest BCUT2D eigenvalue weighted by Crippen LogP contribution is 2.26. The molecule has 0 radical (unpaired) electrons. The van der Waals surface area contributed by atoms with Crippen molar-refractivity contribution in [3.8, 4) is 0 Å². The summed E-state index contributed by atoms with van der Waals surface area (Å²) < 4.78 is 53.7.